The number of pyridine rings is 1. The van der Waals surface area contributed by atoms with Crippen LogP contribution in [0.1, 0.15) is 99.5 Å². The molecular formula is C64H73F2N11O8. The van der Waals surface area contributed by atoms with Crippen LogP contribution in [0.15, 0.2) is 60.3 Å². The summed E-state index contributed by atoms with van der Waals surface area (Å²) in [5.74, 6) is 1.34. The molecule has 3 atom stereocenters. The number of ether oxygens (including phenoxy) is 1. The van der Waals surface area contributed by atoms with Gasteiger partial charge in [-0.25, -0.2) is 8.78 Å². The lowest BCUT2D eigenvalue weighted by molar-refractivity contribution is -0.132. The van der Waals surface area contributed by atoms with Gasteiger partial charge in [0, 0.05) is 131 Å². The number of carboxylic acid groups (broad SMARTS) is 1. The molecule has 21 heteroatoms. The molecule has 446 valence electrons. The van der Waals surface area contributed by atoms with E-state index in [2.05, 4.69) is 43.1 Å². The van der Waals surface area contributed by atoms with Gasteiger partial charge in [-0.2, -0.15) is 15.2 Å². The zero-order chi connectivity index (χ0) is 60.1. The fourth-order valence-corrected chi connectivity index (χ4v) is 12.9. The minimum atomic E-state index is -0.819. The molecule has 0 radical (unpaired) electrons. The molecule has 2 aliphatic carbocycles. The van der Waals surface area contributed by atoms with E-state index in [-0.39, 0.29) is 106 Å². The molecule has 2 aromatic heterocycles. The Balaban J connectivity index is 0.00000262. The lowest BCUT2D eigenvalue weighted by atomic mass is 9.95. The van der Waals surface area contributed by atoms with Crippen LogP contribution in [0, 0.1) is 52.6 Å². The number of aromatic hydroxyl groups is 1. The molecule has 11 rings (SSSR count). The second-order valence-electron chi connectivity index (χ2n) is 23.5. The topological polar surface area (TPSA) is 229 Å². The first kappa shape index (κ1) is 59.9. The van der Waals surface area contributed by atoms with Gasteiger partial charge in [0.2, 0.25) is 5.91 Å². The Morgan fingerprint density at radius 1 is 0.941 bits per heavy atom. The number of benzene rings is 3. The van der Waals surface area contributed by atoms with Crippen LogP contribution in [-0.4, -0.2) is 172 Å². The van der Waals surface area contributed by atoms with Gasteiger partial charge in [0.25, 0.3) is 18.3 Å². The van der Waals surface area contributed by atoms with E-state index in [9.17, 15) is 29.5 Å². The van der Waals surface area contributed by atoms with Crippen molar-refractivity contribution in [3.05, 3.63) is 88.6 Å². The molecule has 6 aliphatic rings. The average Bonchev–Trinajstić information content (AvgIpc) is 2.18. The molecule has 2 saturated carbocycles. The van der Waals surface area contributed by atoms with E-state index < -0.39 is 17.7 Å². The Labute approximate surface area is 493 Å². The van der Waals surface area contributed by atoms with E-state index in [1.54, 1.807) is 11.9 Å². The molecule has 4 aliphatic heterocycles. The van der Waals surface area contributed by atoms with Crippen molar-refractivity contribution in [2.45, 2.75) is 103 Å². The Bertz CT molecular complexity index is 3480. The Morgan fingerprint density at radius 2 is 1.65 bits per heavy atom. The second kappa shape index (κ2) is 25.9. The first-order valence-electron chi connectivity index (χ1n) is 29.6. The molecule has 6 heterocycles. The average molecular weight is 1160 g/mol. The quantitative estimate of drug-likeness (QED) is 0.0318. The van der Waals surface area contributed by atoms with Gasteiger partial charge in [-0.05, 0) is 117 Å². The zero-order valence-corrected chi connectivity index (χ0v) is 48.4. The number of hydrogen-bond acceptors (Lipinski definition) is 15. The summed E-state index contributed by atoms with van der Waals surface area (Å²) in [4.78, 5) is 87.0. The molecule has 19 nitrogen and oxygen atoms in total. The van der Waals surface area contributed by atoms with Crippen LogP contribution in [0.3, 0.4) is 0 Å². The van der Waals surface area contributed by atoms with Crippen LogP contribution in [0.25, 0.3) is 32.9 Å². The van der Waals surface area contributed by atoms with Crippen LogP contribution in [0.2, 0.25) is 0 Å². The number of aldehydes is 1. The van der Waals surface area contributed by atoms with E-state index in [4.69, 9.17) is 31.0 Å². The number of amides is 3. The van der Waals surface area contributed by atoms with E-state index in [0.717, 1.165) is 108 Å². The Kier molecular flexibility index (Phi) is 18.3. The number of hydrogen-bond donors (Lipinski definition) is 3. The molecule has 3 unspecified atom stereocenters. The number of fused-ring (bicyclic) bond motifs is 3. The molecule has 5 fully saturated rings. The van der Waals surface area contributed by atoms with Crippen LogP contribution >= 0.6 is 0 Å². The number of nitrogens with one attached hydrogen (secondary N) is 1. The summed E-state index contributed by atoms with van der Waals surface area (Å²) in [5.41, 5.74) is 2.41. The zero-order valence-electron chi connectivity index (χ0n) is 48.4. The number of phenols is 1. The standard InChI is InChI=1S/C63H71F2N11O6.CH2O2/c1-5-44-34-74(35-45(6-2)76(44)60(80)42(30-66)26-39-8-9-39)59-52-31-68-57(51-29-48(78)28-41-10-14-53(64)49(7-3)55(41)51)56(65)58(52)69-62(70-59)82-38-63(18-19-63)37-72-24-22-71(23-25-72)32-40-16-20-73(21-17-40)46-11-13-50-43(27-46)33-75(61(50)81)47(36-77)12-15-54(79)67-4;2-1-3/h3,10-11,13-14,26-29,31,36,39-40,44-45,47,78H,5-6,8-9,12,15-25,32-35,37-38H2,1-2,4H3,(H,67,79);1H,(H,2,3)/b42-26+;. The summed E-state index contributed by atoms with van der Waals surface area (Å²) in [6.45, 7) is 12.6. The number of phenolic OH excluding ortho intramolecular Hbond substituents is 1. The number of rotatable bonds is 19. The van der Waals surface area contributed by atoms with E-state index in [1.165, 1.54) is 30.5 Å². The molecular weight excluding hydrogens is 1090 g/mol. The highest BCUT2D eigenvalue weighted by Gasteiger charge is 2.46. The van der Waals surface area contributed by atoms with Crippen molar-refractivity contribution < 1.29 is 47.7 Å². The predicted octanol–water partition coefficient (Wildman–Crippen LogP) is 7.32. The summed E-state index contributed by atoms with van der Waals surface area (Å²) < 4.78 is 39.4. The number of anilines is 2. The van der Waals surface area contributed by atoms with Crippen molar-refractivity contribution >= 4 is 63.7 Å². The summed E-state index contributed by atoms with van der Waals surface area (Å²) >= 11 is 0. The maximum absolute atomic E-state index is 17.6. The van der Waals surface area contributed by atoms with Crippen molar-refractivity contribution in [2.75, 3.05) is 88.9 Å². The number of carbonyl (C=O) groups excluding carboxylic acids is 4. The van der Waals surface area contributed by atoms with Gasteiger partial charge in [0.1, 0.15) is 46.5 Å². The van der Waals surface area contributed by atoms with Crippen LogP contribution in [0.4, 0.5) is 20.3 Å². The molecule has 5 aromatic rings. The molecule has 0 bridgehead atoms. The number of allylic oxidation sites excluding steroid dienone is 1. The highest BCUT2D eigenvalue weighted by molar-refractivity contribution is 6.03. The van der Waals surface area contributed by atoms with E-state index >= 15 is 8.78 Å². The normalized spacial score (nSPS) is 20.3. The van der Waals surface area contributed by atoms with Crippen molar-refractivity contribution in [1.29, 1.82) is 5.26 Å². The highest BCUT2D eigenvalue weighted by atomic mass is 19.1. The minimum Gasteiger partial charge on any atom is -0.508 e. The number of carbonyl (C=O) groups is 5. The third kappa shape index (κ3) is 12.9. The fourth-order valence-electron chi connectivity index (χ4n) is 12.9. The number of piperazine rings is 2. The van der Waals surface area contributed by atoms with Crippen molar-refractivity contribution in [3.8, 4) is 41.4 Å². The number of aromatic nitrogens is 3. The van der Waals surface area contributed by atoms with Crippen LogP contribution < -0.4 is 19.9 Å². The van der Waals surface area contributed by atoms with Gasteiger partial charge >= 0.3 is 6.01 Å². The van der Waals surface area contributed by atoms with Gasteiger partial charge in [0.15, 0.2) is 5.82 Å². The minimum absolute atomic E-state index is 0.00726. The van der Waals surface area contributed by atoms with Gasteiger partial charge in [-0.15, -0.1) is 6.42 Å². The maximum atomic E-state index is 17.6. The summed E-state index contributed by atoms with van der Waals surface area (Å²) in [6, 6.07) is 12.4. The van der Waals surface area contributed by atoms with Gasteiger partial charge in [0.05, 0.1) is 23.6 Å². The number of nitriles is 1. The van der Waals surface area contributed by atoms with Crippen molar-refractivity contribution in [1.82, 2.24) is 39.9 Å². The van der Waals surface area contributed by atoms with Crippen molar-refractivity contribution in [2.24, 2.45) is 17.3 Å². The summed E-state index contributed by atoms with van der Waals surface area (Å²) in [5, 5.41) is 31.4. The van der Waals surface area contributed by atoms with Crippen LogP contribution in [-0.2, 0) is 25.7 Å². The third-order valence-electron chi connectivity index (χ3n) is 18.0. The fraction of sp³-hybridized carbons (Fsp3) is 0.484. The van der Waals surface area contributed by atoms with Gasteiger partial charge in [-0.3, -0.25) is 24.2 Å². The molecule has 3 saturated heterocycles. The Hall–Kier alpha value is -8.27. The Morgan fingerprint density at radius 3 is 2.28 bits per heavy atom. The SMILES string of the molecule is C#Cc1c(F)ccc2cc(O)cc(-c3ncc4c(N5CC(CC)N(C(=O)/C(C#N)=C/C6CC6)C(CC)C5)nc(OCC5(CN6CCN(CC7CCN(c8ccc9c(c8)CN(C(C=O)CCC(=O)NC)C9=O)CC7)CC6)CC5)nc4c3F)c12.O=CO. The summed E-state index contributed by atoms with van der Waals surface area (Å²) in [7, 11) is 1.56. The largest absolute Gasteiger partial charge is 0.508 e. The molecule has 85 heavy (non-hydrogen) atoms. The summed E-state index contributed by atoms with van der Waals surface area (Å²) in [6.07, 6.45) is 17.5. The lowest BCUT2D eigenvalue weighted by Gasteiger charge is -2.47. The van der Waals surface area contributed by atoms with Crippen molar-refractivity contribution in [3.63, 3.8) is 0 Å². The van der Waals surface area contributed by atoms with Crippen LogP contribution in [0.5, 0.6) is 11.8 Å². The van der Waals surface area contributed by atoms with Gasteiger partial charge < -0.3 is 54.5 Å². The monoisotopic (exact) mass is 1160 g/mol. The third-order valence-corrected chi connectivity index (χ3v) is 18.0. The van der Waals surface area contributed by atoms with E-state index in [0.29, 0.717) is 67.2 Å². The van der Waals surface area contributed by atoms with Gasteiger partial charge in [-0.1, -0.05) is 31.9 Å². The molecule has 3 amide bonds. The molecule has 3 N–H and O–H groups in total. The maximum Gasteiger partial charge on any atom is 0.319 e. The smallest absolute Gasteiger partial charge is 0.319 e. The predicted molar refractivity (Wildman–Crippen MR) is 317 cm³/mol. The van der Waals surface area contributed by atoms with E-state index in [1.807, 2.05) is 41.9 Å². The highest BCUT2D eigenvalue weighted by Crippen LogP contribution is 2.47. The molecule has 0 spiro atoms. The second-order valence-corrected chi connectivity index (χ2v) is 23.5. The lowest BCUT2D eigenvalue weighted by Crippen LogP contribution is -2.60. The first-order chi connectivity index (χ1) is 41.1. The number of halogens is 2. The first-order valence-corrected chi connectivity index (χ1v) is 29.6. The molecule has 3 aromatic carbocycles. The number of piperidine rings is 1. The number of terminal acetylenes is 1. The number of nitrogens with zero attached hydrogens (tertiary/aromatic N) is 10.